The van der Waals surface area contributed by atoms with Crippen LogP contribution in [0.25, 0.3) is 34.4 Å². The van der Waals surface area contributed by atoms with E-state index in [0.29, 0.717) is 0 Å². The first-order valence-corrected chi connectivity index (χ1v) is 25.4. The molecule has 4 aromatic carbocycles. The fourth-order valence-electron chi connectivity index (χ4n) is 10.6. The third kappa shape index (κ3) is 6.03. The first kappa shape index (κ1) is 35.2. The molecule has 0 N–H and O–H groups in total. The Bertz CT molecular complexity index is 1730. The minimum atomic E-state index is -2.81. The summed E-state index contributed by atoms with van der Waals surface area (Å²) in [6.07, 6.45) is 19.0. The molecule has 3 heteroatoms. The average molecular weight is 765 g/mol. The van der Waals surface area contributed by atoms with E-state index < -0.39 is 20.3 Å². The summed E-state index contributed by atoms with van der Waals surface area (Å²) in [4.78, 5) is 0. The van der Waals surface area contributed by atoms with Crippen molar-refractivity contribution >= 4 is 12.2 Å². The molecule has 2 unspecified atom stereocenters. The Balaban J connectivity index is 0.00000189. The van der Waals surface area contributed by atoms with E-state index >= 15 is 0 Å². The average Bonchev–Trinajstić information content (AvgIpc) is 3.66. The van der Waals surface area contributed by atoms with Crippen LogP contribution in [0.1, 0.15) is 106 Å². The molecule has 2 saturated carbocycles. The van der Waals surface area contributed by atoms with Crippen molar-refractivity contribution < 1.29 is 45.1 Å². The number of aryl methyl sites for hydroxylation is 2. The van der Waals surface area contributed by atoms with Crippen molar-refractivity contribution in [1.29, 1.82) is 0 Å². The zero-order valence-electron chi connectivity index (χ0n) is 29.3. The predicted octanol–water partition coefficient (Wildman–Crippen LogP) is 7.11. The molecule has 4 aromatic rings. The standard InChI is InChI=1S/2C22H23.C2H4.2ClH.Zr/c2*1-2-16-10-12-18(13-11-16)21-9-5-8-19-14-20(15-22(19)21)17-6-3-4-7-17;1-2;;;/h2*5,8-15,17H,2-4,6-7H2,1H3;1-2H2;2*1H;/q;;;;;+2/p-2. The molecule has 4 aliphatic carbocycles. The Kier molecular flexibility index (Phi) is 10.4. The van der Waals surface area contributed by atoms with Crippen molar-refractivity contribution in [3.8, 4) is 22.3 Å². The van der Waals surface area contributed by atoms with Crippen molar-refractivity contribution in [3.05, 3.63) is 129 Å². The summed E-state index contributed by atoms with van der Waals surface area (Å²) in [5.41, 5.74) is 19.0. The monoisotopic (exact) mass is 762 g/mol. The molecule has 2 atom stereocenters. The zero-order valence-corrected chi connectivity index (χ0v) is 33.3. The van der Waals surface area contributed by atoms with Crippen LogP contribution in [0.4, 0.5) is 0 Å². The molecule has 0 aromatic heterocycles. The predicted molar refractivity (Wildman–Crippen MR) is 197 cm³/mol. The second kappa shape index (κ2) is 14.4. The summed E-state index contributed by atoms with van der Waals surface area (Å²) in [7, 11) is 0. The van der Waals surface area contributed by atoms with Crippen molar-refractivity contribution in [2.75, 3.05) is 0 Å². The SMILES string of the molecule is CCc1ccc(-c2cccc3c2C=C(C2CCCC2)[CH]3[Zr+2]2([CH]3C(C4CCCC4)=Cc4c(-c5ccc(CC)cc5)cccc43)[CH2][CH2]2)cc1.[Cl-].[Cl-]. The maximum atomic E-state index is 2.77. The van der Waals surface area contributed by atoms with Crippen LogP contribution in [-0.2, 0) is 33.1 Å². The van der Waals surface area contributed by atoms with Gasteiger partial charge in [-0.2, -0.15) is 0 Å². The van der Waals surface area contributed by atoms with Gasteiger partial charge in [0, 0.05) is 0 Å². The Morgan fingerprint density at radius 2 is 0.898 bits per heavy atom. The van der Waals surface area contributed by atoms with Gasteiger partial charge >= 0.3 is 290 Å². The molecule has 252 valence electrons. The number of allylic oxidation sites excluding steroid dienone is 2. The Morgan fingerprint density at radius 3 is 1.24 bits per heavy atom. The second-order valence-electron chi connectivity index (χ2n) is 15.6. The van der Waals surface area contributed by atoms with Gasteiger partial charge in [-0.25, -0.2) is 0 Å². The maximum absolute atomic E-state index is 2.81. The zero-order chi connectivity index (χ0) is 31.5. The van der Waals surface area contributed by atoms with Crippen molar-refractivity contribution in [2.24, 2.45) is 11.8 Å². The molecule has 0 radical (unpaired) electrons. The Labute approximate surface area is 312 Å². The van der Waals surface area contributed by atoms with Gasteiger partial charge in [0.25, 0.3) is 0 Å². The third-order valence-electron chi connectivity index (χ3n) is 13.2. The van der Waals surface area contributed by atoms with Gasteiger partial charge < -0.3 is 24.8 Å². The molecular weight excluding hydrogens is 715 g/mol. The van der Waals surface area contributed by atoms with Crippen LogP contribution in [-0.4, -0.2) is 0 Å². The van der Waals surface area contributed by atoms with Crippen molar-refractivity contribution in [3.63, 3.8) is 0 Å². The number of benzene rings is 4. The molecule has 0 bridgehead atoms. The number of hydrogen-bond donors (Lipinski definition) is 0. The fraction of sp³-hybridized carbons (Fsp3) is 0.391. The smallest absolute Gasteiger partial charge is 1.00 e. The van der Waals surface area contributed by atoms with E-state index in [1.807, 2.05) is 11.1 Å². The number of halogens is 2. The summed E-state index contributed by atoms with van der Waals surface area (Å²) in [6, 6.07) is 33.8. The van der Waals surface area contributed by atoms with Crippen LogP contribution >= 0.6 is 0 Å². The molecule has 1 saturated heterocycles. The van der Waals surface area contributed by atoms with Crippen molar-refractivity contribution in [2.45, 2.75) is 93.6 Å². The quantitative estimate of drug-likeness (QED) is 0.180. The molecule has 5 aliphatic rings. The first-order chi connectivity index (χ1) is 23.2. The van der Waals surface area contributed by atoms with Crippen LogP contribution in [0, 0.1) is 11.8 Å². The molecule has 3 fully saturated rings. The summed E-state index contributed by atoms with van der Waals surface area (Å²) in [5, 5.41) is 0. The molecule has 0 amide bonds. The van der Waals surface area contributed by atoms with Crippen LogP contribution in [0.3, 0.4) is 0 Å². The fourth-order valence-corrected chi connectivity index (χ4v) is 28.3. The molecule has 0 spiro atoms. The van der Waals surface area contributed by atoms with E-state index in [1.54, 1.807) is 30.5 Å². The van der Waals surface area contributed by atoms with E-state index in [1.165, 1.54) is 84.7 Å². The van der Waals surface area contributed by atoms with Gasteiger partial charge in [-0.3, -0.25) is 0 Å². The van der Waals surface area contributed by atoms with Crippen LogP contribution in [0.15, 0.2) is 96.1 Å². The topological polar surface area (TPSA) is 0 Å². The van der Waals surface area contributed by atoms with Crippen LogP contribution in [0.5, 0.6) is 0 Å². The minimum absolute atomic E-state index is 0. The summed E-state index contributed by atoms with van der Waals surface area (Å²) < 4.78 is 4.60. The van der Waals surface area contributed by atoms with Gasteiger partial charge in [0.2, 0.25) is 0 Å². The number of hydrogen-bond acceptors (Lipinski definition) is 0. The molecule has 0 nitrogen and oxygen atoms in total. The van der Waals surface area contributed by atoms with Gasteiger partial charge in [-0.15, -0.1) is 0 Å². The Hall–Kier alpha value is -2.18. The largest absolute Gasteiger partial charge is 1.00 e. The number of fused-ring (bicyclic) bond motifs is 2. The second-order valence-corrected chi connectivity index (χ2v) is 26.9. The molecule has 49 heavy (non-hydrogen) atoms. The van der Waals surface area contributed by atoms with Gasteiger partial charge in [0.1, 0.15) is 0 Å². The van der Waals surface area contributed by atoms with Gasteiger partial charge in [-0.1, -0.05) is 0 Å². The van der Waals surface area contributed by atoms with Crippen LogP contribution in [0.2, 0.25) is 8.26 Å². The number of rotatable bonds is 8. The third-order valence-corrected chi connectivity index (χ3v) is 26.1. The molecular formula is C46H50Cl2Zr. The summed E-state index contributed by atoms with van der Waals surface area (Å²) in [5.74, 6) is 1.58. The van der Waals surface area contributed by atoms with E-state index in [9.17, 15) is 0 Å². The van der Waals surface area contributed by atoms with Crippen molar-refractivity contribution in [1.82, 2.24) is 0 Å². The van der Waals surface area contributed by atoms with Crippen LogP contribution < -0.4 is 24.8 Å². The summed E-state index contributed by atoms with van der Waals surface area (Å²) >= 11 is -2.81. The van der Waals surface area contributed by atoms with E-state index in [-0.39, 0.29) is 24.8 Å². The Morgan fingerprint density at radius 1 is 0.510 bits per heavy atom. The minimum Gasteiger partial charge on any atom is -1.00 e. The summed E-state index contributed by atoms with van der Waals surface area (Å²) in [6.45, 7) is 4.53. The van der Waals surface area contributed by atoms with Gasteiger partial charge in [0.15, 0.2) is 0 Å². The van der Waals surface area contributed by atoms with Gasteiger partial charge in [-0.05, 0) is 0 Å². The molecule has 1 aliphatic heterocycles. The van der Waals surface area contributed by atoms with E-state index in [0.717, 1.165) is 31.9 Å². The van der Waals surface area contributed by atoms with Gasteiger partial charge in [0.05, 0.1) is 0 Å². The normalized spacial score (nSPS) is 21.5. The molecule has 1 heterocycles. The maximum Gasteiger partial charge on any atom is -1.00 e. The van der Waals surface area contributed by atoms with E-state index in [2.05, 4.69) is 111 Å². The molecule has 9 rings (SSSR count). The van der Waals surface area contributed by atoms with E-state index in [4.69, 9.17) is 0 Å². The first-order valence-electron chi connectivity index (χ1n) is 19.1.